The predicted octanol–water partition coefficient (Wildman–Crippen LogP) is 1.73. The molecule has 1 unspecified atom stereocenters. The van der Waals surface area contributed by atoms with Crippen molar-refractivity contribution in [3.05, 3.63) is 0 Å². The Kier molecular flexibility index (Phi) is 5.21. The van der Waals surface area contributed by atoms with Crippen LogP contribution in [-0.4, -0.2) is 22.0 Å². The van der Waals surface area contributed by atoms with Gasteiger partial charge >= 0.3 is 5.97 Å². The molecule has 0 aliphatic rings. The molecule has 0 fully saturated rings. The first-order chi connectivity index (χ1) is 5.74. The van der Waals surface area contributed by atoms with E-state index in [4.69, 9.17) is 10.5 Å². The lowest BCUT2D eigenvalue weighted by Gasteiger charge is -2.19. The Bertz CT molecular complexity index is 175. The molecule has 0 saturated heterocycles. The van der Waals surface area contributed by atoms with Gasteiger partial charge in [0.1, 0.15) is 12.6 Å². The van der Waals surface area contributed by atoms with Gasteiger partial charge in [-0.1, -0.05) is 36.4 Å². The Morgan fingerprint density at radius 1 is 1.54 bits per heavy atom. The fourth-order valence-electron chi connectivity index (χ4n) is 0.611. The molecular formula is C9H18INO2. The van der Waals surface area contributed by atoms with E-state index in [2.05, 4.69) is 22.6 Å². The standard InChI is InChI=1S/C9H18INO2/c1-6(2)7(11)8(12)13-5-9(3,4)10/h6-7H,5,11H2,1-4H3. The fraction of sp³-hybridized carbons (Fsp3) is 0.889. The number of rotatable bonds is 4. The fourth-order valence-corrected chi connectivity index (χ4v) is 0.767. The first kappa shape index (κ1) is 13.2. The van der Waals surface area contributed by atoms with Gasteiger partial charge in [-0.05, 0) is 19.8 Å². The summed E-state index contributed by atoms with van der Waals surface area (Å²) in [6.07, 6.45) is 0. The van der Waals surface area contributed by atoms with E-state index in [9.17, 15) is 4.79 Å². The van der Waals surface area contributed by atoms with Crippen LogP contribution < -0.4 is 5.73 Å². The maximum absolute atomic E-state index is 11.3. The maximum Gasteiger partial charge on any atom is 0.323 e. The van der Waals surface area contributed by atoms with E-state index in [1.807, 2.05) is 27.7 Å². The van der Waals surface area contributed by atoms with Crippen LogP contribution in [0.4, 0.5) is 0 Å². The van der Waals surface area contributed by atoms with Crippen LogP contribution in [-0.2, 0) is 9.53 Å². The second kappa shape index (κ2) is 5.14. The van der Waals surface area contributed by atoms with E-state index in [-0.39, 0.29) is 15.3 Å². The van der Waals surface area contributed by atoms with E-state index >= 15 is 0 Å². The van der Waals surface area contributed by atoms with Crippen molar-refractivity contribution in [3.8, 4) is 0 Å². The molecule has 0 aromatic carbocycles. The zero-order chi connectivity index (χ0) is 10.6. The summed E-state index contributed by atoms with van der Waals surface area (Å²) < 4.78 is 5.03. The predicted molar refractivity (Wildman–Crippen MR) is 61.9 cm³/mol. The highest BCUT2D eigenvalue weighted by molar-refractivity contribution is 14.1. The van der Waals surface area contributed by atoms with Crippen LogP contribution in [0.1, 0.15) is 27.7 Å². The molecule has 0 amide bonds. The molecule has 0 aromatic rings. The van der Waals surface area contributed by atoms with Crippen molar-refractivity contribution >= 4 is 28.6 Å². The first-order valence-corrected chi connectivity index (χ1v) is 5.43. The van der Waals surface area contributed by atoms with Gasteiger partial charge in [0, 0.05) is 0 Å². The number of ether oxygens (including phenoxy) is 1. The Morgan fingerprint density at radius 3 is 2.31 bits per heavy atom. The van der Waals surface area contributed by atoms with Gasteiger partial charge in [-0.15, -0.1) is 0 Å². The monoisotopic (exact) mass is 299 g/mol. The molecule has 0 heterocycles. The third-order valence-corrected chi connectivity index (χ3v) is 1.86. The lowest BCUT2D eigenvalue weighted by Crippen LogP contribution is -2.38. The lowest BCUT2D eigenvalue weighted by molar-refractivity contribution is -0.146. The summed E-state index contributed by atoms with van der Waals surface area (Å²) in [7, 11) is 0. The van der Waals surface area contributed by atoms with Crippen LogP contribution in [0.5, 0.6) is 0 Å². The number of alkyl halides is 1. The Balaban J connectivity index is 3.89. The zero-order valence-electron chi connectivity index (χ0n) is 8.63. The first-order valence-electron chi connectivity index (χ1n) is 4.35. The molecule has 3 nitrogen and oxygen atoms in total. The summed E-state index contributed by atoms with van der Waals surface area (Å²) in [4.78, 5) is 11.3. The summed E-state index contributed by atoms with van der Waals surface area (Å²) in [5, 5.41) is 0. The van der Waals surface area contributed by atoms with Gasteiger partial charge in [-0.3, -0.25) is 4.79 Å². The molecule has 2 N–H and O–H groups in total. The summed E-state index contributed by atoms with van der Waals surface area (Å²) in [5.41, 5.74) is 5.61. The number of carbonyl (C=O) groups excluding carboxylic acids is 1. The maximum atomic E-state index is 11.3. The van der Waals surface area contributed by atoms with Crippen molar-refractivity contribution in [2.24, 2.45) is 11.7 Å². The molecular weight excluding hydrogens is 281 g/mol. The molecule has 0 saturated carbocycles. The molecule has 0 spiro atoms. The Hall–Kier alpha value is 0.160. The Morgan fingerprint density at radius 2 is 2.00 bits per heavy atom. The topological polar surface area (TPSA) is 52.3 Å². The highest BCUT2D eigenvalue weighted by atomic mass is 127. The molecule has 1 atom stereocenters. The molecule has 13 heavy (non-hydrogen) atoms. The van der Waals surface area contributed by atoms with Crippen LogP contribution in [0.15, 0.2) is 0 Å². The number of hydrogen-bond acceptors (Lipinski definition) is 3. The molecule has 0 radical (unpaired) electrons. The SMILES string of the molecule is CC(C)C(N)C(=O)OCC(C)(C)I. The second-order valence-corrected chi connectivity index (χ2v) is 7.02. The van der Waals surface area contributed by atoms with Gasteiger partial charge in [0.05, 0.1) is 3.42 Å². The van der Waals surface area contributed by atoms with Crippen LogP contribution >= 0.6 is 22.6 Å². The molecule has 78 valence electrons. The summed E-state index contributed by atoms with van der Waals surface area (Å²) >= 11 is 2.23. The Labute approximate surface area is 93.5 Å². The zero-order valence-corrected chi connectivity index (χ0v) is 10.8. The minimum absolute atomic E-state index is 0.0237. The molecule has 0 aliphatic carbocycles. The molecule has 0 bridgehead atoms. The lowest BCUT2D eigenvalue weighted by atomic mass is 10.1. The highest BCUT2D eigenvalue weighted by Crippen LogP contribution is 2.17. The van der Waals surface area contributed by atoms with Crippen molar-refractivity contribution in [2.45, 2.75) is 37.2 Å². The average molecular weight is 299 g/mol. The number of carbonyl (C=O) groups is 1. The van der Waals surface area contributed by atoms with E-state index in [0.717, 1.165) is 0 Å². The van der Waals surface area contributed by atoms with Gasteiger partial charge in [0.2, 0.25) is 0 Å². The van der Waals surface area contributed by atoms with Crippen molar-refractivity contribution in [1.82, 2.24) is 0 Å². The van der Waals surface area contributed by atoms with E-state index < -0.39 is 6.04 Å². The van der Waals surface area contributed by atoms with Crippen LogP contribution in [0, 0.1) is 5.92 Å². The van der Waals surface area contributed by atoms with Gasteiger partial charge in [-0.25, -0.2) is 0 Å². The third-order valence-electron chi connectivity index (χ3n) is 1.55. The number of esters is 1. The van der Waals surface area contributed by atoms with E-state index in [1.54, 1.807) is 0 Å². The van der Waals surface area contributed by atoms with Gasteiger partial charge in [0.25, 0.3) is 0 Å². The van der Waals surface area contributed by atoms with Crippen LogP contribution in [0.3, 0.4) is 0 Å². The third kappa shape index (κ3) is 6.26. The summed E-state index contributed by atoms with van der Waals surface area (Å²) in [5.74, 6) is -0.176. The molecule has 0 rings (SSSR count). The number of halogens is 1. The average Bonchev–Trinajstić information content (AvgIpc) is 1.97. The minimum Gasteiger partial charge on any atom is -0.463 e. The molecule has 0 aliphatic heterocycles. The van der Waals surface area contributed by atoms with Gasteiger partial charge in [-0.2, -0.15) is 0 Å². The van der Waals surface area contributed by atoms with Crippen molar-refractivity contribution in [2.75, 3.05) is 6.61 Å². The normalized spacial score (nSPS) is 14.4. The second-order valence-electron chi connectivity index (χ2n) is 4.10. The number of nitrogens with two attached hydrogens (primary N) is 1. The van der Waals surface area contributed by atoms with Crippen molar-refractivity contribution in [1.29, 1.82) is 0 Å². The summed E-state index contributed by atoms with van der Waals surface area (Å²) in [6, 6.07) is -0.501. The van der Waals surface area contributed by atoms with Gasteiger partial charge in [0.15, 0.2) is 0 Å². The van der Waals surface area contributed by atoms with Gasteiger partial charge < -0.3 is 10.5 Å². The largest absolute Gasteiger partial charge is 0.463 e. The summed E-state index contributed by atoms with van der Waals surface area (Å²) in [6.45, 7) is 8.22. The quantitative estimate of drug-likeness (QED) is 0.488. The molecule has 4 heteroatoms. The molecule has 0 aromatic heterocycles. The van der Waals surface area contributed by atoms with Crippen molar-refractivity contribution < 1.29 is 9.53 Å². The van der Waals surface area contributed by atoms with Crippen LogP contribution in [0.25, 0.3) is 0 Å². The van der Waals surface area contributed by atoms with E-state index in [0.29, 0.717) is 6.61 Å². The minimum atomic E-state index is -0.501. The smallest absolute Gasteiger partial charge is 0.323 e. The highest BCUT2D eigenvalue weighted by Gasteiger charge is 2.21. The van der Waals surface area contributed by atoms with E-state index in [1.165, 1.54) is 0 Å². The van der Waals surface area contributed by atoms with Crippen LogP contribution in [0.2, 0.25) is 0 Å². The number of hydrogen-bond donors (Lipinski definition) is 1. The van der Waals surface area contributed by atoms with Crippen molar-refractivity contribution in [3.63, 3.8) is 0 Å².